The molecular formula is C21H27NO2Si. The Kier molecular flexibility index (Phi) is 7.43. The molecule has 0 atom stereocenters. The van der Waals surface area contributed by atoms with E-state index in [-0.39, 0.29) is 9.52 Å². The third-order valence-electron chi connectivity index (χ3n) is 3.81. The van der Waals surface area contributed by atoms with E-state index in [2.05, 4.69) is 54.6 Å². The summed E-state index contributed by atoms with van der Waals surface area (Å²) in [5.74, 6) is 1.76. The highest BCUT2D eigenvalue weighted by Gasteiger charge is 2.05. The summed E-state index contributed by atoms with van der Waals surface area (Å²) < 4.78 is 10.5. The summed E-state index contributed by atoms with van der Waals surface area (Å²) in [6.07, 6.45) is 0. The van der Waals surface area contributed by atoms with Gasteiger partial charge in [0.15, 0.2) is 0 Å². The standard InChI is InChI=1S/C21H27NO2Si/c1-17(2)25-14-13-22(15-18-5-9-20(23-3)10-6-18)16-19-7-11-21(24-4)12-8-19/h5-12,17H,15-16,25H2,1-4H3. The average Bonchev–Trinajstić information content (AvgIpc) is 2.62. The van der Waals surface area contributed by atoms with Crippen molar-refractivity contribution in [3.63, 3.8) is 0 Å². The van der Waals surface area contributed by atoms with Crippen LogP contribution < -0.4 is 9.47 Å². The van der Waals surface area contributed by atoms with Gasteiger partial charge in [0.25, 0.3) is 0 Å². The third kappa shape index (κ3) is 6.56. The maximum Gasteiger partial charge on any atom is 0.118 e. The lowest BCUT2D eigenvalue weighted by atomic mass is 10.1. The first-order chi connectivity index (χ1) is 12.1. The maximum absolute atomic E-state index is 5.23. The zero-order valence-electron chi connectivity index (χ0n) is 15.6. The highest BCUT2D eigenvalue weighted by atomic mass is 28.2. The monoisotopic (exact) mass is 353 g/mol. The minimum atomic E-state index is -0.338. The van der Waals surface area contributed by atoms with Crippen LogP contribution in [0.3, 0.4) is 0 Å². The van der Waals surface area contributed by atoms with Crippen molar-refractivity contribution >= 4 is 9.52 Å². The molecule has 132 valence electrons. The summed E-state index contributed by atoms with van der Waals surface area (Å²) in [7, 11) is 3.04. The van der Waals surface area contributed by atoms with Gasteiger partial charge < -0.3 is 14.4 Å². The number of methoxy groups -OCH3 is 2. The highest BCUT2D eigenvalue weighted by molar-refractivity contribution is 6.47. The first-order valence-electron chi connectivity index (χ1n) is 8.60. The van der Waals surface area contributed by atoms with Crippen molar-refractivity contribution in [3.05, 3.63) is 59.7 Å². The second kappa shape index (κ2) is 9.80. The molecule has 3 nitrogen and oxygen atoms in total. The van der Waals surface area contributed by atoms with Crippen LogP contribution in [0.25, 0.3) is 0 Å². The van der Waals surface area contributed by atoms with E-state index in [9.17, 15) is 0 Å². The number of hydrogen-bond acceptors (Lipinski definition) is 3. The Labute approximate surface area is 153 Å². The van der Waals surface area contributed by atoms with E-state index >= 15 is 0 Å². The van der Waals surface area contributed by atoms with Crippen LogP contribution in [0.5, 0.6) is 11.5 Å². The lowest BCUT2D eigenvalue weighted by Crippen LogP contribution is -2.17. The molecule has 0 radical (unpaired) electrons. The van der Waals surface area contributed by atoms with Gasteiger partial charge in [-0.05, 0) is 47.0 Å². The van der Waals surface area contributed by atoms with Gasteiger partial charge in [-0.3, -0.25) is 0 Å². The Hall–Kier alpha value is -2.38. The molecule has 0 fully saturated rings. The minimum Gasteiger partial charge on any atom is -0.497 e. The molecular weight excluding hydrogens is 326 g/mol. The lowest BCUT2D eigenvalue weighted by molar-refractivity contribution is 0.383. The van der Waals surface area contributed by atoms with E-state index in [0.717, 1.165) is 30.1 Å². The van der Waals surface area contributed by atoms with Crippen LogP contribution in [0.15, 0.2) is 48.5 Å². The molecule has 0 N–H and O–H groups in total. The van der Waals surface area contributed by atoms with Crippen molar-refractivity contribution in [3.8, 4) is 23.1 Å². The van der Waals surface area contributed by atoms with Crippen LogP contribution >= 0.6 is 0 Å². The predicted molar refractivity (Wildman–Crippen MR) is 107 cm³/mol. The van der Waals surface area contributed by atoms with Gasteiger partial charge >= 0.3 is 0 Å². The van der Waals surface area contributed by atoms with E-state index in [1.54, 1.807) is 14.2 Å². The molecule has 0 bridgehead atoms. The number of hydrogen-bond donors (Lipinski definition) is 0. The molecule has 2 aromatic carbocycles. The summed E-state index contributed by atoms with van der Waals surface area (Å²) >= 11 is 0. The van der Waals surface area contributed by atoms with Crippen LogP contribution in [0.1, 0.15) is 25.0 Å². The van der Waals surface area contributed by atoms with Gasteiger partial charge in [-0.25, -0.2) is 0 Å². The number of benzene rings is 2. The van der Waals surface area contributed by atoms with Gasteiger partial charge in [0.2, 0.25) is 0 Å². The fourth-order valence-electron chi connectivity index (χ4n) is 2.40. The Bertz CT molecular complexity index is 650. The van der Waals surface area contributed by atoms with Crippen molar-refractivity contribution < 1.29 is 9.47 Å². The van der Waals surface area contributed by atoms with Crippen LogP contribution in [-0.4, -0.2) is 28.6 Å². The SMILES string of the molecule is COc1ccc(CN(C#C[SiH2]C(C)C)Cc2ccc(OC)cc2)cc1. The molecule has 0 heterocycles. The van der Waals surface area contributed by atoms with Crippen LogP contribution in [0, 0.1) is 11.6 Å². The Balaban J connectivity index is 2.11. The van der Waals surface area contributed by atoms with Crippen molar-refractivity contribution in [1.82, 2.24) is 4.90 Å². The Morgan fingerprint density at radius 1 is 0.840 bits per heavy atom. The zero-order valence-corrected chi connectivity index (χ0v) is 17.0. The fraction of sp³-hybridized carbons (Fsp3) is 0.333. The summed E-state index contributed by atoms with van der Waals surface area (Å²) in [4.78, 5) is 2.19. The van der Waals surface area contributed by atoms with E-state index in [1.807, 2.05) is 24.3 Å². The van der Waals surface area contributed by atoms with Gasteiger partial charge in [-0.2, -0.15) is 0 Å². The van der Waals surface area contributed by atoms with Crippen molar-refractivity contribution in [2.45, 2.75) is 32.5 Å². The van der Waals surface area contributed by atoms with Crippen LogP contribution in [0.2, 0.25) is 5.54 Å². The fourth-order valence-corrected chi connectivity index (χ4v) is 3.12. The quantitative estimate of drug-likeness (QED) is 0.431. The zero-order chi connectivity index (χ0) is 18.1. The lowest BCUT2D eigenvalue weighted by Gasteiger charge is -2.18. The van der Waals surface area contributed by atoms with E-state index in [1.165, 1.54) is 11.1 Å². The highest BCUT2D eigenvalue weighted by Crippen LogP contribution is 2.16. The average molecular weight is 354 g/mol. The summed E-state index contributed by atoms with van der Waals surface area (Å²) in [6.45, 7) is 6.10. The summed E-state index contributed by atoms with van der Waals surface area (Å²) in [5, 5.41) is 0. The van der Waals surface area contributed by atoms with Crippen LogP contribution in [0.4, 0.5) is 0 Å². The van der Waals surface area contributed by atoms with Crippen molar-refractivity contribution in [2.75, 3.05) is 14.2 Å². The summed E-state index contributed by atoms with van der Waals surface area (Å²) in [5.41, 5.74) is 6.62. The molecule has 0 amide bonds. The molecule has 0 aliphatic rings. The van der Waals surface area contributed by atoms with Crippen molar-refractivity contribution in [2.24, 2.45) is 0 Å². The normalized spacial score (nSPS) is 10.6. The van der Waals surface area contributed by atoms with Gasteiger partial charge in [0.05, 0.1) is 27.3 Å². The van der Waals surface area contributed by atoms with Gasteiger partial charge in [0.1, 0.15) is 21.0 Å². The minimum absolute atomic E-state index is 0.338. The second-order valence-electron chi connectivity index (χ2n) is 6.44. The van der Waals surface area contributed by atoms with E-state index < -0.39 is 0 Å². The van der Waals surface area contributed by atoms with E-state index in [0.29, 0.717) is 0 Å². The van der Waals surface area contributed by atoms with E-state index in [4.69, 9.17) is 9.47 Å². The first-order valence-corrected chi connectivity index (χ1v) is 10.1. The third-order valence-corrected chi connectivity index (χ3v) is 4.99. The predicted octanol–water partition coefficient (Wildman–Crippen LogP) is 3.62. The molecule has 0 saturated carbocycles. The van der Waals surface area contributed by atoms with Crippen molar-refractivity contribution in [1.29, 1.82) is 0 Å². The Morgan fingerprint density at radius 3 is 1.64 bits per heavy atom. The summed E-state index contributed by atoms with van der Waals surface area (Å²) in [6, 6.07) is 19.8. The maximum atomic E-state index is 5.23. The largest absolute Gasteiger partial charge is 0.497 e. The smallest absolute Gasteiger partial charge is 0.118 e. The molecule has 0 aliphatic carbocycles. The first kappa shape index (κ1) is 18.9. The topological polar surface area (TPSA) is 21.7 Å². The van der Waals surface area contributed by atoms with Crippen LogP contribution in [-0.2, 0) is 13.1 Å². The Morgan fingerprint density at radius 2 is 1.28 bits per heavy atom. The molecule has 0 aromatic heterocycles. The molecule has 2 aromatic rings. The number of nitrogens with zero attached hydrogens (tertiary/aromatic N) is 1. The molecule has 25 heavy (non-hydrogen) atoms. The molecule has 0 aliphatic heterocycles. The molecule has 0 unspecified atom stereocenters. The van der Waals surface area contributed by atoms with Gasteiger partial charge in [0, 0.05) is 0 Å². The molecule has 4 heteroatoms. The molecule has 0 spiro atoms. The molecule has 2 rings (SSSR count). The van der Waals surface area contributed by atoms with Gasteiger partial charge in [-0.15, -0.1) is 5.54 Å². The van der Waals surface area contributed by atoms with Gasteiger partial charge in [-0.1, -0.05) is 38.1 Å². The second-order valence-corrected chi connectivity index (χ2v) is 8.83. The molecule has 0 saturated heterocycles. The number of rotatable bonds is 7. The number of ether oxygens (including phenoxy) is 2.